The molecule has 0 fully saturated rings. The van der Waals surface area contributed by atoms with E-state index in [1.165, 1.54) is 0 Å². The molecule has 2 aromatic carbocycles. The minimum atomic E-state index is -0.637. The van der Waals surface area contributed by atoms with Gasteiger partial charge in [0.25, 0.3) is 0 Å². The summed E-state index contributed by atoms with van der Waals surface area (Å²) in [6.07, 6.45) is 1.17. The fourth-order valence-electron chi connectivity index (χ4n) is 1.83. The van der Waals surface area contributed by atoms with E-state index >= 15 is 0 Å². The quantitative estimate of drug-likeness (QED) is 0.829. The van der Waals surface area contributed by atoms with Crippen molar-refractivity contribution < 1.29 is 5.11 Å². The van der Waals surface area contributed by atoms with Gasteiger partial charge >= 0.3 is 0 Å². The summed E-state index contributed by atoms with van der Waals surface area (Å²) >= 11 is 5.68. The maximum Gasteiger partial charge on any atom is 0.0865 e. The maximum absolute atomic E-state index is 9.74. The van der Waals surface area contributed by atoms with Crippen molar-refractivity contribution in [3.8, 4) is 0 Å². The molecule has 0 aliphatic carbocycles. The zero-order valence-corrected chi connectivity index (χ0v) is 10.7. The van der Waals surface area contributed by atoms with Gasteiger partial charge in [0.15, 0.2) is 0 Å². The van der Waals surface area contributed by atoms with Crippen LogP contribution in [0.4, 0.5) is 0 Å². The Balaban J connectivity index is 2.45. The Morgan fingerprint density at radius 3 is 1.78 bits per heavy atom. The maximum atomic E-state index is 9.74. The first kappa shape index (κ1) is 12.9. The van der Waals surface area contributed by atoms with E-state index in [-0.39, 0.29) is 5.88 Å². The van der Waals surface area contributed by atoms with Crippen LogP contribution in [0, 0.1) is 0 Å². The number of alkyl halides is 1. The topological polar surface area (TPSA) is 20.2 Å². The largest absolute Gasteiger partial charge is 0.388 e. The summed E-state index contributed by atoms with van der Waals surface area (Å²) in [5.41, 5.74) is 3.16. The lowest BCUT2D eigenvalue weighted by atomic mass is 9.97. The standard InChI is InChI=1S/C16H15ClO/c17-12-15(18)11-16(13-7-3-1-4-8-13)14-9-5-2-6-10-14/h1-11,15,18H,12H2. The molecule has 0 saturated carbocycles. The number of rotatable bonds is 4. The molecule has 0 aliphatic rings. The molecule has 1 nitrogen and oxygen atoms in total. The first-order valence-electron chi connectivity index (χ1n) is 5.88. The van der Waals surface area contributed by atoms with Crippen LogP contribution in [0.25, 0.3) is 5.57 Å². The molecule has 0 saturated heterocycles. The van der Waals surface area contributed by atoms with Gasteiger partial charge in [-0.15, -0.1) is 11.6 Å². The molecule has 1 N–H and O–H groups in total. The summed E-state index contributed by atoms with van der Waals surface area (Å²) in [5.74, 6) is 0.198. The summed E-state index contributed by atoms with van der Waals surface area (Å²) in [6, 6.07) is 20.0. The molecule has 1 unspecified atom stereocenters. The molecular weight excluding hydrogens is 244 g/mol. The summed E-state index contributed by atoms with van der Waals surface area (Å²) in [6.45, 7) is 0. The Labute approximate surface area is 112 Å². The summed E-state index contributed by atoms with van der Waals surface area (Å²) < 4.78 is 0. The zero-order valence-electron chi connectivity index (χ0n) is 9.96. The van der Waals surface area contributed by atoms with E-state index in [9.17, 15) is 5.11 Å². The van der Waals surface area contributed by atoms with Crippen LogP contribution in [0.15, 0.2) is 66.7 Å². The van der Waals surface area contributed by atoms with Gasteiger partial charge in [0.1, 0.15) is 0 Å². The first-order chi connectivity index (χ1) is 8.81. The Kier molecular flexibility index (Phi) is 4.57. The second kappa shape index (κ2) is 6.39. The smallest absolute Gasteiger partial charge is 0.0865 e. The van der Waals surface area contributed by atoms with Gasteiger partial charge < -0.3 is 5.11 Å². The Morgan fingerprint density at radius 2 is 1.39 bits per heavy atom. The second-order valence-electron chi connectivity index (χ2n) is 4.03. The Morgan fingerprint density at radius 1 is 0.944 bits per heavy atom. The van der Waals surface area contributed by atoms with Crippen LogP contribution >= 0.6 is 11.6 Å². The van der Waals surface area contributed by atoms with Gasteiger partial charge in [-0.05, 0) is 22.8 Å². The summed E-state index contributed by atoms with van der Waals surface area (Å²) in [4.78, 5) is 0. The van der Waals surface area contributed by atoms with Crippen molar-refractivity contribution in [2.24, 2.45) is 0 Å². The van der Waals surface area contributed by atoms with Crippen molar-refractivity contribution >= 4 is 17.2 Å². The molecule has 1 atom stereocenters. The van der Waals surface area contributed by atoms with E-state index < -0.39 is 6.10 Å². The molecule has 0 amide bonds. The van der Waals surface area contributed by atoms with Gasteiger partial charge in [0.05, 0.1) is 12.0 Å². The average Bonchev–Trinajstić information content (AvgIpc) is 2.46. The summed E-state index contributed by atoms with van der Waals surface area (Å²) in [7, 11) is 0. The van der Waals surface area contributed by atoms with Gasteiger partial charge in [-0.25, -0.2) is 0 Å². The van der Waals surface area contributed by atoms with Crippen molar-refractivity contribution in [2.45, 2.75) is 6.10 Å². The molecule has 0 bridgehead atoms. The zero-order chi connectivity index (χ0) is 12.8. The minimum Gasteiger partial charge on any atom is -0.388 e. The van der Waals surface area contributed by atoms with E-state index in [2.05, 4.69) is 0 Å². The third-order valence-corrected chi connectivity index (χ3v) is 3.00. The molecule has 2 rings (SSSR count). The van der Waals surface area contributed by atoms with Crippen LogP contribution < -0.4 is 0 Å². The van der Waals surface area contributed by atoms with Gasteiger partial charge in [0, 0.05) is 0 Å². The van der Waals surface area contributed by atoms with Crippen LogP contribution in [-0.2, 0) is 0 Å². The van der Waals surface area contributed by atoms with E-state index in [4.69, 9.17) is 11.6 Å². The number of aliphatic hydroxyl groups excluding tert-OH is 1. The molecule has 18 heavy (non-hydrogen) atoms. The third-order valence-electron chi connectivity index (χ3n) is 2.69. The van der Waals surface area contributed by atoms with Gasteiger partial charge in [-0.1, -0.05) is 60.7 Å². The lowest BCUT2D eigenvalue weighted by molar-refractivity contribution is 0.248. The van der Waals surface area contributed by atoms with E-state index in [1.807, 2.05) is 60.7 Å². The Hall–Kier alpha value is -1.57. The van der Waals surface area contributed by atoms with Crippen LogP contribution in [0.1, 0.15) is 11.1 Å². The van der Waals surface area contributed by atoms with Crippen LogP contribution in [0.5, 0.6) is 0 Å². The third kappa shape index (κ3) is 3.22. The van der Waals surface area contributed by atoms with Gasteiger partial charge in [-0.2, -0.15) is 0 Å². The van der Waals surface area contributed by atoms with Crippen molar-refractivity contribution in [3.05, 3.63) is 77.9 Å². The molecule has 2 heteroatoms. The molecule has 0 spiro atoms. The highest BCUT2D eigenvalue weighted by Gasteiger charge is 2.07. The monoisotopic (exact) mass is 258 g/mol. The van der Waals surface area contributed by atoms with Crippen LogP contribution in [-0.4, -0.2) is 17.1 Å². The molecule has 92 valence electrons. The number of hydrogen-bond donors (Lipinski definition) is 1. The lowest BCUT2D eigenvalue weighted by Crippen LogP contribution is -2.05. The van der Waals surface area contributed by atoms with E-state index in [1.54, 1.807) is 6.08 Å². The van der Waals surface area contributed by atoms with Crippen LogP contribution in [0.2, 0.25) is 0 Å². The minimum absolute atomic E-state index is 0.198. The van der Waals surface area contributed by atoms with Gasteiger partial charge in [0.2, 0.25) is 0 Å². The van der Waals surface area contributed by atoms with Crippen molar-refractivity contribution in [3.63, 3.8) is 0 Å². The van der Waals surface area contributed by atoms with E-state index in [0.717, 1.165) is 16.7 Å². The van der Waals surface area contributed by atoms with Crippen molar-refractivity contribution in [1.29, 1.82) is 0 Å². The normalized spacial score (nSPS) is 11.9. The number of aliphatic hydroxyl groups is 1. The molecule has 0 radical (unpaired) electrons. The second-order valence-corrected chi connectivity index (χ2v) is 4.34. The highest BCUT2D eigenvalue weighted by molar-refractivity contribution is 6.18. The predicted molar refractivity (Wildman–Crippen MR) is 76.7 cm³/mol. The van der Waals surface area contributed by atoms with Crippen molar-refractivity contribution in [2.75, 3.05) is 5.88 Å². The van der Waals surface area contributed by atoms with E-state index in [0.29, 0.717) is 0 Å². The predicted octanol–water partition coefficient (Wildman–Crippen LogP) is 3.72. The number of halogens is 1. The highest BCUT2D eigenvalue weighted by Crippen LogP contribution is 2.23. The van der Waals surface area contributed by atoms with Crippen LogP contribution in [0.3, 0.4) is 0 Å². The average molecular weight is 259 g/mol. The molecule has 0 aromatic heterocycles. The molecule has 0 aliphatic heterocycles. The number of hydrogen-bond acceptors (Lipinski definition) is 1. The molecular formula is C16H15ClO. The Bertz CT molecular complexity index is 464. The first-order valence-corrected chi connectivity index (χ1v) is 6.41. The summed E-state index contributed by atoms with van der Waals surface area (Å²) in [5, 5.41) is 9.74. The number of benzene rings is 2. The van der Waals surface area contributed by atoms with Crippen molar-refractivity contribution in [1.82, 2.24) is 0 Å². The molecule has 2 aromatic rings. The highest BCUT2D eigenvalue weighted by atomic mass is 35.5. The molecule has 0 heterocycles. The fourth-order valence-corrected chi connectivity index (χ4v) is 1.92. The fraction of sp³-hybridized carbons (Fsp3) is 0.125. The van der Waals surface area contributed by atoms with Gasteiger partial charge in [-0.3, -0.25) is 0 Å². The SMILES string of the molecule is OC(C=C(c1ccccc1)c1ccccc1)CCl. The lowest BCUT2D eigenvalue weighted by Gasteiger charge is -2.10.